The predicted molar refractivity (Wildman–Crippen MR) is 209 cm³/mol. The smallest absolute Gasteiger partial charge is 0.126 e. The third-order valence-corrected chi connectivity index (χ3v) is 21.2. The number of rotatable bonds is 6. The van der Waals surface area contributed by atoms with E-state index in [-0.39, 0.29) is 0 Å². The van der Waals surface area contributed by atoms with E-state index in [9.17, 15) is 0 Å². The van der Waals surface area contributed by atoms with Gasteiger partial charge >= 0.3 is 0 Å². The lowest BCUT2D eigenvalue weighted by molar-refractivity contribution is 1.20. The van der Waals surface area contributed by atoms with Gasteiger partial charge < -0.3 is 0 Å². The van der Waals surface area contributed by atoms with E-state index in [1.807, 2.05) is 0 Å². The van der Waals surface area contributed by atoms with Gasteiger partial charge in [-0.1, -0.05) is 122 Å². The molecule has 0 aliphatic rings. The summed E-state index contributed by atoms with van der Waals surface area (Å²) in [6.45, 7) is 14.0. The number of fused-ring (bicyclic) bond motifs is 4. The van der Waals surface area contributed by atoms with Crippen LogP contribution in [0.15, 0.2) is 69.6 Å². The maximum absolute atomic E-state index is 3.94. The summed E-state index contributed by atoms with van der Waals surface area (Å²) in [6, 6.07) is 30.0. The van der Waals surface area contributed by atoms with Gasteiger partial charge in [-0.25, -0.2) is 0 Å². The Bertz CT molecular complexity index is 2010. The average Bonchev–Trinajstić information content (AvgIpc) is 3.05. The lowest BCUT2D eigenvalue weighted by atomic mass is 9.84. The molecule has 0 bridgehead atoms. The molecule has 0 radical (unpaired) electrons. The molecule has 0 unspecified atom stereocenters. The fraction of sp³-hybridized carbons (Fsp3) is 0.300. The van der Waals surface area contributed by atoms with E-state index >= 15 is 0 Å². The van der Waals surface area contributed by atoms with E-state index in [1.54, 1.807) is 0 Å². The molecule has 0 N–H and O–H groups in total. The van der Waals surface area contributed by atoms with Gasteiger partial charge in [0.2, 0.25) is 0 Å². The first kappa shape index (κ1) is 31.4. The van der Waals surface area contributed by atoms with Crippen molar-refractivity contribution in [1.82, 2.24) is 0 Å². The minimum absolute atomic E-state index is 1.09. The molecule has 0 atom stereocenters. The van der Waals surface area contributed by atoms with Gasteiger partial charge in [-0.2, -0.15) is 0 Å². The second-order valence-corrected chi connectivity index (χ2v) is 24.1. The summed E-state index contributed by atoms with van der Waals surface area (Å²) in [7, 11) is -3.30. The van der Waals surface area contributed by atoms with Crippen LogP contribution in [0.4, 0.5) is 0 Å². The quantitative estimate of drug-likeness (QED) is 0.0691. The summed E-state index contributed by atoms with van der Waals surface area (Å²) in [5.41, 5.74) is 10.2. The molecular formula is C40H40Br2Si2. The minimum Gasteiger partial charge on any atom is -0.126 e. The van der Waals surface area contributed by atoms with Gasteiger partial charge in [-0.05, 0) is 114 Å². The highest BCUT2D eigenvalue weighted by atomic mass is 79.9. The van der Waals surface area contributed by atoms with Gasteiger partial charge in [0, 0.05) is 20.1 Å². The number of benzene rings is 6. The van der Waals surface area contributed by atoms with Gasteiger partial charge in [-0.15, -0.1) is 11.1 Å². The molecular weight excluding hydrogens is 696 g/mol. The zero-order valence-electron chi connectivity index (χ0n) is 26.8. The van der Waals surface area contributed by atoms with Crippen LogP contribution in [0, 0.1) is 22.9 Å². The zero-order chi connectivity index (χ0) is 31.2. The molecule has 6 aromatic rings. The standard InChI is InChI=1S/C40H40Br2Si2/c1-7-43(8-2,9-3)23-21-31-35-19-17-34-30-16-14-28(42)26-38(30)32(22-24-44(10-4,11-5)12-6)36-20-18-33(39(35)40(34)36)29-15-13-27(41)25-37(29)31/h13-20,25-26H,7-12H2,1-6H3. The minimum atomic E-state index is -1.65. The molecule has 44 heavy (non-hydrogen) atoms. The van der Waals surface area contributed by atoms with Crippen LogP contribution < -0.4 is 0 Å². The first-order chi connectivity index (χ1) is 21.3. The van der Waals surface area contributed by atoms with Crippen molar-refractivity contribution in [2.75, 3.05) is 0 Å². The van der Waals surface area contributed by atoms with Gasteiger partial charge in [0.15, 0.2) is 0 Å². The van der Waals surface area contributed by atoms with E-state index in [0.717, 1.165) is 8.95 Å². The SMILES string of the molecule is CC[Si](C#Cc1c2cc(Br)ccc2c2ccc3c(C#C[Si](CC)(CC)CC)c4cc(Br)ccc4c4ccc1c2c34)(CC)CC. The largest absolute Gasteiger partial charge is 0.138 e. The molecule has 222 valence electrons. The molecule has 0 amide bonds. The monoisotopic (exact) mass is 734 g/mol. The average molecular weight is 737 g/mol. The van der Waals surface area contributed by atoms with E-state index in [2.05, 4.69) is 157 Å². The van der Waals surface area contributed by atoms with Crippen LogP contribution in [0.3, 0.4) is 0 Å². The lowest BCUT2D eigenvalue weighted by Crippen LogP contribution is -2.29. The van der Waals surface area contributed by atoms with Crippen LogP contribution in [0.1, 0.15) is 52.7 Å². The molecule has 4 heteroatoms. The van der Waals surface area contributed by atoms with Crippen LogP contribution >= 0.6 is 31.9 Å². The van der Waals surface area contributed by atoms with E-state index in [4.69, 9.17) is 0 Å². The topological polar surface area (TPSA) is 0 Å². The van der Waals surface area contributed by atoms with Gasteiger partial charge in [0.05, 0.1) is 0 Å². The van der Waals surface area contributed by atoms with Gasteiger partial charge in [0.25, 0.3) is 0 Å². The molecule has 6 rings (SSSR count). The van der Waals surface area contributed by atoms with Crippen LogP contribution in [-0.4, -0.2) is 16.1 Å². The Balaban J connectivity index is 1.82. The zero-order valence-corrected chi connectivity index (χ0v) is 31.9. The van der Waals surface area contributed by atoms with Gasteiger partial charge in [0.1, 0.15) is 16.1 Å². The van der Waals surface area contributed by atoms with Crippen molar-refractivity contribution in [1.29, 1.82) is 0 Å². The molecule has 0 aromatic heterocycles. The van der Waals surface area contributed by atoms with E-state index in [0.29, 0.717) is 0 Å². The Morgan fingerprint density at radius 2 is 0.750 bits per heavy atom. The molecule has 0 aliphatic heterocycles. The van der Waals surface area contributed by atoms with E-state index < -0.39 is 16.1 Å². The van der Waals surface area contributed by atoms with Crippen LogP contribution in [0.25, 0.3) is 53.9 Å². The van der Waals surface area contributed by atoms with Crippen LogP contribution in [-0.2, 0) is 0 Å². The summed E-state index contributed by atoms with van der Waals surface area (Å²) < 4.78 is 2.19. The Kier molecular flexibility index (Phi) is 8.77. The Morgan fingerprint density at radius 1 is 0.432 bits per heavy atom. The summed E-state index contributed by atoms with van der Waals surface area (Å²) in [5, 5.41) is 12.8. The van der Waals surface area contributed by atoms with Crippen LogP contribution in [0.5, 0.6) is 0 Å². The summed E-state index contributed by atoms with van der Waals surface area (Å²) in [6.07, 6.45) is 0. The Morgan fingerprint density at radius 3 is 1.09 bits per heavy atom. The van der Waals surface area contributed by atoms with Crippen LogP contribution in [0.2, 0.25) is 36.3 Å². The number of hydrogen-bond donors (Lipinski definition) is 0. The first-order valence-electron chi connectivity index (χ1n) is 16.3. The molecule has 0 nitrogen and oxygen atoms in total. The molecule has 0 saturated heterocycles. The molecule has 0 saturated carbocycles. The maximum Gasteiger partial charge on any atom is 0.138 e. The summed E-state index contributed by atoms with van der Waals surface area (Å²) in [5.74, 6) is 7.70. The highest BCUT2D eigenvalue weighted by molar-refractivity contribution is 9.10. The van der Waals surface area contributed by atoms with Crippen molar-refractivity contribution in [3.63, 3.8) is 0 Å². The highest BCUT2D eigenvalue weighted by Gasteiger charge is 2.26. The second-order valence-electron chi connectivity index (χ2n) is 12.4. The van der Waals surface area contributed by atoms with E-state index in [1.165, 1.54) is 101 Å². The predicted octanol–water partition coefficient (Wildman–Crippen LogP) is 13.2. The maximum atomic E-state index is 3.94. The van der Waals surface area contributed by atoms with Crippen molar-refractivity contribution >= 4 is 102 Å². The Hall–Kier alpha value is -2.61. The number of halogens is 2. The second kappa shape index (κ2) is 12.3. The van der Waals surface area contributed by atoms with Crippen molar-refractivity contribution in [2.24, 2.45) is 0 Å². The third-order valence-electron chi connectivity index (χ3n) is 10.7. The summed E-state index contributed by atoms with van der Waals surface area (Å²) in [4.78, 5) is 0. The molecule has 0 fully saturated rings. The first-order valence-corrected chi connectivity index (χ1v) is 23.1. The Labute approximate surface area is 281 Å². The van der Waals surface area contributed by atoms with Crippen molar-refractivity contribution in [3.8, 4) is 22.9 Å². The number of hydrogen-bond acceptors (Lipinski definition) is 0. The fourth-order valence-electron chi connectivity index (χ4n) is 7.26. The fourth-order valence-corrected chi connectivity index (χ4v) is 12.8. The van der Waals surface area contributed by atoms with Crippen molar-refractivity contribution in [2.45, 2.75) is 77.8 Å². The van der Waals surface area contributed by atoms with Gasteiger partial charge in [-0.3, -0.25) is 0 Å². The third kappa shape index (κ3) is 5.03. The lowest BCUT2D eigenvalue weighted by Gasteiger charge is -2.21. The van der Waals surface area contributed by atoms with Crippen molar-refractivity contribution < 1.29 is 0 Å². The summed E-state index contributed by atoms with van der Waals surface area (Å²) >= 11 is 7.56. The normalized spacial score (nSPS) is 12.3. The van der Waals surface area contributed by atoms with Crippen molar-refractivity contribution in [3.05, 3.63) is 80.7 Å². The molecule has 0 heterocycles. The molecule has 0 aliphatic carbocycles. The highest BCUT2D eigenvalue weighted by Crippen LogP contribution is 2.45. The molecule has 6 aromatic carbocycles. The molecule has 0 spiro atoms.